The highest BCUT2D eigenvalue weighted by Crippen LogP contribution is 2.18. The number of rotatable bonds is 4. The third kappa shape index (κ3) is 3.40. The third-order valence-electron chi connectivity index (χ3n) is 3.54. The van der Waals surface area contributed by atoms with Crippen LogP contribution in [0.2, 0.25) is 0 Å². The van der Waals surface area contributed by atoms with E-state index in [-0.39, 0.29) is 5.91 Å². The van der Waals surface area contributed by atoms with Gasteiger partial charge in [-0.3, -0.25) is 4.79 Å². The molecule has 0 fully saturated rings. The lowest BCUT2D eigenvalue weighted by Gasteiger charge is -2.18. The Hall–Kier alpha value is -2.36. The van der Waals surface area contributed by atoms with E-state index in [4.69, 9.17) is 5.73 Å². The molecule has 0 spiro atoms. The fourth-order valence-electron chi connectivity index (χ4n) is 2.18. The summed E-state index contributed by atoms with van der Waals surface area (Å²) < 4.78 is 0. The second-order valence-electron chi connectivity index (χ2n) is 5.01. The maximum atomic E-state index is 12.6. The van der Waals surface area contributed by atoms with Gasteiger partial charge in [0.05, 0.1) is 0 Å². The lowest BCUT2D eigenvalue weighted by molar-refractivity contribution is 0.0993. The van der Waals surface area contributed by atoms with Crippen molar-refractivity contribution in [3.8, 4) is 0 Å². The molecule has 2 rings (SSSR count). The van der Waals surface area contributed by atoms with Gasteiger partial charge in [-0.05, 0) is 42.7 Å². The number of pyridine rings is 1. The van der Waals surface area contributed by atoms with Crippen LogP contribution in [0.5, 0.6) is 0 Å². The van der Waals surface area contributed by atoms with Crippen molar-refractivity contribution in [2.45, 2.75) is 26.7 Å². The molecule has 0 aliphatic carbocycles. The summed E-state index contributed by atoms with van der Waals surface area (Å²) in [4.78, 5) is 18.4. The van der Waals surface area contributed by atoms with Crippen molar-refractivity contribution < 1.29 is 4.79 Å². The summed E-state index contributed by atoms with van der Waals surface area (Å²) in [5.74, 6) is 0.301. The lowest BCUT2D eigenvalue weighted by atomic mass is 10.1. The van der Waals surface area contributed by atoms with Crippen molar-refractivity contribution >= 4 is 17.4 Å². The maximum absolute atomic E-state index is 12.6. The Kier molecular flexibility index (Phi) is 4.58. The molecule has 0 aliphatic heterocycles. The Bertz CT molecular complexity index is 635. The topological polar surface area (TPSA) is 59.2 Å². The summed E-state index contributed by atoms with van der Waals surface area (Å²) >= 11 is 0. The number of nitrogens with two attached hydrogens (primary N) is 1. The predicted octanol–water partition coefficient (Wildman–Crippen LogP) is 3.07. The van der Waals surface area contributed by atoms with Crippen molar-refractivity contribution in [2.24, 2.45) is 0 Å². The molecule has 0 aliphatic rings. The fraction of sp³-hybridized carbons (Fsp3) is 0.294. The molecule has 0 radical (unpaired) electrons. The molecule has 0 saturated carbocycles. The van der Waals surface area contributed by atoms with Gasteiger partial charge < -0.3 is 10.6 Å². The third-order valence-corrected chi connectivity index (χ3v) is 3.54. The van der Waals surface area contributed by atoms with Gasteiger partial charge in [0.1, 0.15) is 5.82 Å². The molecule has 110 valence electrons. The van der Waals surface area contributed by atoms with Crippen LogP contribution in [0.4, 0.5) is 11.5 Å². The second kappa shape index (κ2) is 6.39. The van der Waals surface area contributed by atoms with E-state index in [0.29, 0.717) is 11.4 Å². The van der Waals surface area contributed by atoms with E-state index in [0.717, 1.165) is 24.2 Å². The summed E-state index contributed by atoms with van der Waals surface area (Å²) in [7, 11) is 1.77. The number of hydrogen-bond acceptors (Lipinski definition) is 3. The van der Waals surface area contributed by atoms with Crippen LogP contribution in [-0.4, -0.2) is 17.9 Å². The first-order valence-corrected chi connectivity index (χ1v) is 7.18. The summed E-state index contributed by atoms with van der Waals surface area (Å²) in [5.41, 5.74) is 9.28. The highest BCUT2D eigenvalue weighted by atomic mass is 16.2. The smallest absolute Gasteiger partial charge is 0.258 e. The molecule has 0 unspecified atom stereocenters. The minimum absolute atomic E-state index is 0.0805. The van der Waals surface area contributed by atoms with Gasteiger partial charge in [0.25, 0.3) is 5.91 Å². The molecular formula is C17H21N3O. The van der Waals surface area contributed by atoms with Gasteiger partial charge >= 0.3 is 0 Å². The quantitative estimate of drug-likeness (QED) is 0.938. The fourth-order valence-corrected chi connectivity index (χ4v) is 2.18. The normalized spacial score (nSPS) is 10.4. The Morgan fingerprint density at radius 3 is 2.38 bits per heavy atom. The Morgan fingerprint density at radius 1 is 1.14 bits per heavy atom. The van der Waals surface area contributed by atoms with E-state index < -0.39 is 0 Å². The van der Waals surface area contributed by atoms with Gasteiger partial charge in [-0.15, -0.1) is 0 Å². The van der Waals surface area contributed by atoms with Gasteiger partial charge in [0, 0.05) is 24.0 Å². The van der Waals surface area contributed by atoms with E-state index in [1.165, 1.54) is 5.56 Å². The predicted molar refractivity (Wildman–Crippen MR) is 86.6 cm³/mol. The van der Waals surface area contributed by atoms with Crippen LogP contribution in [0.25, 0.3) is 0 Å². The molecule has 1 amide bonds. The second-order valence-corrected chi connectivity index (χ2v) is 5.01. The molecule has 2 N–H and O–H groups in total. The monoisotopic (exact) mass is 283 g/mol. The number of amides is 1. The number of anilines is 2. The molecule has 1 heterocycles. The largest absolute Gasteiger partial charge is 0.384 e. The number of nitrogens with zero attached hydrogens (tertiary/aromatic N) is 2. The van der Waals surface area contributed by atoms with Crippen LogP contribution in [0, 0.1) is 0 Å². The zero-order valence-electron chi connectivity index (χ0n) is 12.8. The first-order valence-electron chi connectivity index (χ1n) is 7.18. The molecule has 4 heteroatoms. The standard InChI is InChI=1S/C17H21N3O/c1-4-12-6-8-15(9-7-12)20(3)17(21)13-10-14(5-2)19-16(18)11-13/h6-11H,4-5H2,1-3H3,(H2,18,19). The van der Waals surface area contributed by atoms with Crippen molar-refractivity contribution in [1.82, 2.24) is 4.98 Å². The minimum atomic E-state index is -0.0805. The number of benzene rings is 1. The van der Waals surface area contributed by atoms with Crippen LogP contribution in [-0.2, 0) is 12.8 Å². The summed E-state index contributed by atoms with van der Waals surface area (Å²) in [6.45, 7) is 4.10. The number of carbonyl (C=O) groups is 1. The van der Waals surface area contributed by atoms with E-state index in [1.807, 2.05) is 31.2 Å². The SMILES string of the molecule is CCc1ccc(N(C)C(=O)c2cc(N)nc(CC)c2)cc1. The molecule has 2 aromatic rings. The first kappa shape index (κ1) is 15.0. The van der Waals surface area contributed by atoms with Crippen LogP contribution in [0.1, 0.15) is 35.5 Å². The average molecular weight is 283 g/mol. The molecule has 1 aromatic heterocycles. The number of hydrogen-bond donors (Lipinski definition) is 1. The lowest BCUT2D eigenvalue weighted by Crippen LogP contribution is -2.26. The molecule has 21 heavy (non-hydrogen) atoms. The van der Waals surface area contributed by atoms with Gasteiger partial charge in [-0.2, -0.15) is 0 Å². The first-order chi connectivity index (χ1) is 10.0. The van der Waals surface area contributed by atoms with E-state index in [2.05, 4.69) is 11.9 Å². The minimum Gasteiger partial charge on any atom is -0.384 e. The zero-order chi connectivity index (χ0) is 15.4. The molecule has 0 bridgehead atoms. The number of nitrogen functional groups attached to an aromatic ring is 1. The van der Waals surface area contributed by atoms with Crippen molar-refractivity contribution in [3.63, 3.8) is 0 Å². The molecular weight excluding hydrogens is 262 g/mol. The van der Waals surface area contributed by atoms with E-state index >= 15 is 0 Å². The highest BCUT2D eigenvalue weighted by Gasteiger charge is 2.15. The van der Waals surface area contributed by atoms with Gasteiger partial charge in [-0.1, -0.05) is 26.0 Å². The Morgan fingerprint density at radius 2 is 1.81 bits per heavy atom. The average Bonchev–Trinajstić information content (AvgIpc) is 2.52. The van der Waals surface area contributed by atoms with Gasteiger partial charge in [0.15, 0.2) is 0 Å². The van der Waals surface area contributed by atoms with Gasteiger partial charge in [0.2, 0.25) is 0 Å². The van der Waals surface area contributed by atoms with Gasteiger partial charge in [-0.25, -0.2) is 4.98 Å². The molecule has 0 atom stereocenters. The van der Waals surface area contributed by atoms with Crippen LogP contribution < -0.4 is 10.6 Å². The highest BCUT2D eigenvalue weighted by molar-refractivity contribution is 6.06. The van der Waals surface area contributed by atoms with Crippen molar-refractivity contribution in [1.29, 1.82) is 0 Å². The van der Waals surface area contributed by atoms with Crippen LogP contribution >= 0.6 is 0 Å². The Labute approximate surface area is 125 Å². The summed E-state index contributed by atoms with van der Waals surface area (Å²) in [5, 5.41) is 0. The Balaban J connectivity index is 2.27. The van der Waals surface area contributed by atoms with E-state index in [1.54, 1.807) is 24.1 Å². The number of aromatic nitrogens is 1. The summed E-state index contributed by atoms with van der Waals surface area (Å²) in [6.07, 6.45) is 1.74. The van der Waals surface area contributed by atoms with Crippen LogP contribution in [0.15, 0.2) is 36.4 Å². The van der Waals surface area contributed by atoms with E-state index in [9.17, 15) is 4.79 Å². The summed E-state index contributed by atoms with van der Waals surface area (Å²) in [6, 6.07) is 11.4. The van der Waals surface area contributed by atoms with Crippen molar-refractivity contribution in [3.05, 3.63) is 53.2 Å². The van der Waals surface area contributed by atoms with Crippen LogP contribution in [0.3, 0.4) is 0 Å². The maximum Gasteiger partial charge on any atom is 0.258 e. The molecule has 0 saturated heterocycles. The number of carbonyl (C=O) groups excluding carboxylic acids is 1. The number of aryl methyl sites for hydroxylation is 2. The van der Waals surface area contributed by atoms with Crippen molar-refractivity contribution in [2.75, 3.05) is 17.7 Å². The molecule has 1 aromatic carbocycles. The zero-order valence-corrected chi connectivity index (χ0v) is 12.8. The molecule has 4 nitrogen and oxygen atoms in total.